The zero-order valence-corrected chi connectivity index (χ0v) is 20.4. The number of fused-ring (bicyclic) bond motifs is 1. The maximum Gasteiger partial charge on any atom is 0.272 e. The number of aryl methyl sites for hydroxylation is 1. The van der Waals surface area contributed by atoms with E-state index in [-0.39, 0.29) is 5.91 Å². The van der Waals surface area contributed by atoms with Crippen LogP contribution in [-0.2, 0) is 13.6 Å². The number of nitrogens with zero attached hydrogens (tertiary/aromatic N) is 7. The predicted molar refractivity (Wildman–Crippen MR) is 140 cm³/mol. The third-order valence-corrected chi connectivity index (χ3v) is 6.40. The third kappa shape index (κ3) is 4.16. The summed E-state index contributed by atoms with van der Waals surface area (Å²) in [6.07, 6.45) is 5.46. The van der Waals surface area contributed by atoms with Gasteiger partial charge in [-0.3, -0.25) is 9.48 Å². The maximum absolute atomic E-state index is 13.2. The van der Waals surface area contributed by atoms with Crippen LogP contribution >= 0.6 is 0 Å². The van der Waals surface area contributed by atoms with E-state index >= 15 is 0 Å². The first kappa shape index (κ1) is 22.4. The number of hydrogen-bond acceptors (Lipinski definition) is 5. The van der Waals surface area contributed by atoms with Crippen LogP contribution in [0, 0.1) is 6.92 Å². The fourth-order valence-electron chi connectivity index (χ4n) is 4.32. The lowest BCUT2D eigenvalue weighted by atomic mass is 10.1. The Labute approximate surface area is 213 Å². The molecule has 4 aromatic heterocycles. The molecule has 0 atom stereocenters. The summed E-state index contributed by atoms with van der Waals surface area (Å²) in [7, 11) is 1.89. The van der Waals surface area contributed by atoms with Gasteiger partial charge in [0.1, 0.15) is 0 Å². The number of nitrogens with one attached hydrogen (secondary N) is 1. The Balaban J connectivity index is 1.30. The Morgan fingerprint density at radius 2 is 1.73 bits per heavy atom. The standard InChI is InChI=1S/C28H24N8O/c1-19-23(17-31-34(19)2)25-13-14-29-26-15-24(32-36(25)26)28(37)30-16-21-18-35(22-11-7-4-8-12-22)33-27(21)20-9-5-3-6-10-20/h3-15,17-18H,16H2,1-2H3,(H,30,37). The van der Waals surface area contributed by atoms with E-state index in [9.17, 15) is 4.79 Å². The van der Waals surface area contributed by atoms with Gasteiger partial charge in [-0.2, -0.15) is 15.3 Å². The fourth-order valence-corrected chi connectivity index (χ4v) is 4.32. The van der Waals surface area contributed by atoms with Crippen molar-refractivity contribution >= 4 is 11.6 Å². The lowest BCUT2D eigenvalue weighted by Crippen LogP contribution is -2.23. The van der Waals surface area contributed by atoms with Crippen LogP contribution in [0.3, 0.4) is 0 Å². The van der Waals surface area contributed by atoms with Gasteiger partial charge >= 0.3 is 0 Å². The van der Waals surface area contributed by atoms with Gasteiger partial charge in [0, 0.05) is 54.4 Å². The Bertz CT molecular complexity index is 1710. The molecule has 9 nitrogen and oxygen atoms in total. The van der Waals surface area contributed by atoms with Gasteiger partial charge < -0.3 is 5.32 Å². The highest BCUT2D eigenvalue weighted by atomic mass is 16.1. The number of carbonyl (C=O) groups excluding carboxylic acids is 1. The number of para-hydroxylation sites is 1. The Morgan fingerprint density at radius 1 is 0.973 bits per heavy atom. The van der Waals surface area contributed by atoms with Crippen LogP contribution < -0.4 is 5.32 Å². The van der Waals surface area contributed by atoms with E-state index in [0.29, 0.717) is 17.9 Å². The molecule has 1 N–H and O–H groups in total. The zero-order valence-electron chi connectivity index (χ0n) is 20.4. The van der Waals surface area contributed by atoms with E-state index in [1.165, 1.54) is 0 Å². The minimum Gasteiger partial charge on any atom is -0.346 e. The second-order valence-electron chi connectivity index (χ2n) is 8.73. The summed E-state index contributed by atoms with van der Waals surface area (Å²) in [6.45, 7) is 2.29. The molecule has 0 radical (unpaired) electrons. The number of carbonyl (C=O) groups is 1. The SMILES string of the molecule is Cc1c(-c2ccnc3cc(C(=O)NCc4cn(-c5ccccc5)nc4-c4ccccc4)nn23)cnn1C. The summed E-state index contributed by atoms with van der Waals surface area (Å²) in [6, 6.07) is 23.4. The van der Waals surface area contributed by atoms with Gasteiger partial charge in [-0.05, 0) is 25.1 Å². The molecule has 0 saturated carbocycles. The first-order valence-corrected chi connectivity index (χ1v) is 11.9. The smallest absolute Gasteiger partial charge is 0.272 e. The highest BCUT2D eigenvalue weighted by Gasteiger charge is 2.18. The molecule has 0 saturated heterocycles. The van der Waals surface area contributed by atoms with Crippen LogP contribution in [0.4, 0.5) is 0 Å². The largest absolute Gasteiger partial charge is 0.346 e. The molecular formula is C28H24N8O. The van der Waals surface area contributed by atoms with E-state index in [4.69, 9.17) is 5.10 Å². The summed E-state index contributed by atoms with van der Waals surface area (Å²) in [5, 5.41) is 16.7. The van der Waals surface area contributed by atoms with E-state index in [1.54, 1.807) is 27.7 Å². The molecule has 6 rings (SSSR count). The van der Waals surface area contributed by atoms with Crippen LogP contribution in [0.5, 0.6) is 0 Å². The van der Waals surface area contributed by atoms with Gasteiger partial charge in [-0.15, -0.1) is 0 Å². The van der Waals surface area contributed by atoms with Crippen LogP contribution in [-0.4, -0.2) is 40.1 Å². The predicted octanol–water partition coefficient (Wildman–Crippen LogP) is 4.22. The number of rotatable bonds is 6. The van der Waals surface area contributed by atoms with Crippen molar-refractivity contribution in [2.75, 3.05) is 0 Å². The molecule has 0 unspecified atom stereocenters. The molecule has 182 valence electrons. The second-order valence-corrected chi connectivity index (χ2v) is 8.73. The minimum absolute atomic E-state index is 0.286. The summed E-state index contributed by atoms with van der Waals surface area (Å²) >= 11 is 0. The van der Waals surface area contributed by atoms with Gasteiger partial charge in [0.25, 0.3) is 5.91 Å². The lowest BCUT2D eigenvalue weighted by Gasteiger charge is -2.05. The van der Waals surface area contributed by atoms with E-state index < -0.39 is 0 Å². The molecule has 0 aliphatic rings. The summed E-state index contributed by atoms with van der Waals surface area (Å²) < 4.78 is 5.32. The van der Waals surface area contributed by atoms with Crippen LogP contribution in [0.2, 0.25) is 0 Å². The molecule has 0 aliphatic carbocycles. The van der Waals surface area contributed by atoms with E-state index in [2.05, 4.69) is 20.5 Å². The number of benzene rings is 2. The number of amides is 1. The molecule has 2 aromatic carbocycles. The molecule has 0 fully saturated rings. The van der Waals surface area contributed by atoms with Crippen molar-refractivity contribution in [3.05, 3.63) is 108 Å². The van der Waals surface area contributed by atoms with Gasteiger partial charge in [-0.25, -0.2) is 14.2 Å². The topological polar surface area (TPSA) is 94.9 Å². The molecule has 1 amide bonds. The van der Waals surface area contributed by atoms with Gasteiger partial charge in [0.15, 0.2) is 11.3 Å². The maximum atomic E-state index is 13.2. The van der Waals surface area contributed by atoms with Crippen molar-refractivity contribution < 1.29 is 4.79 Å². The van der Waals surface area contributed by atoms with Crippen LogP contribution in [0.1, 0.15) is 21.7 Å². The number of hydrogen-bond donors (Lipinski definition) is 1. The van der Waals surface area contributed by atoms with Crippen molar-refractivity contribution in [3.63, 3.8) is 0 Å². The first-order chi connectivity index (χ1) is 18.1. The average molecular weight is 489 g/mol. The van der Waals surface area contributed by atoms with Gasteiger partial charge in [0.2, 0.25) is 0 Å². The molecule has 0 spiro atoms. The zero-order chi connectivity index (χ0) is 25.4. The van der Waals surface area contributed by atoms with Crippen molar-refractivity contribution in [1.82, 2.24) is 39.5 Å². The van der Waals surface area contributed by atoms with Crippen molar-refractivity contribution in [2.45, 2.75) is 13.5 Å². The van der Waals surface area contributed by atoms with E-state index in [0.717, 1.165) is 39.5 Å². The Hall–Kier alpha value is -5.05. The van der Waals surface area contributed by atoms with E-state index in [1.807, 2.05) is 91.6 Å². The van der Waals surface area contributed by atoms with Gasteiger partial charge in [-0.1, -0.05) is 48.5 Å². The monoisotopic (exact) mass is 488 g/mol. The van der Waals surface area contributed by atoms with Crippen molar-refractivity contribution in [2.24, 2.45) is 7.05 Å². The third-order valence-electron chi connectivity index (χ3n) is 6.40. The Kier molecular flexibility index (Phi) is 5.57. The minimum atomic E-state index is -0.286. The molecule has 6 aromatic rings. The second kappa shape index (κ2) is 9.19. The molecule has 4 heterocycles. The summed E-state index contributed by atoms with van der Waals surface area (Å²) in [5.41, 5.74) is 7.28. The molecule has 9 heteroatoms. The summed E-state index contributed by atoms with van der Waals surface area (Å²) in [5.74, 6) is -0.286. The summed E-state index contributed by atoms with van der Waals surface area (Å²) in [4.78, 5) is 17.6. The van der Waals surface area contributed by atoms with Crippen LogP contribution in [0.25, 0.3) is 33.8 Å². The van der Waals surface area contributed by atoms with Crippen molar-refractivity contribution in [3.8, 4) is 28.2 Å². The molecular weight excluding hydrogens is 464 g/mol. The highest BCUT2D eigenvalue weighted by Crippen LogP contribution is 2.25. The normalized spacial score (nSPS) is 11.2. The average Bonchev–Trinajstić information content (AvgIpc) is 3.65. The van der Waals surface area contributed by atoms with Gasteiger partial charge in [0.05, 0.1) is 23.3 Å². The number of aromatic nitrogens is 7. The first-order valence-electron chi connectivity index (χ1n) is 11.9. The van der Waals surface area contributed by atoms with Crippen molar-refractivity contribution in [1.29, 1.82) is 0 Å². The molecule has 0 bridgehead atoms. The van der Waals surface area contributed by atoms with Crippen LogP contribution in [0.15, 0.2) is 91.4 Å². The quantitative estimate of drug-likeness (QED) is 0.379. The molecule has 0 aliphatic heterocycles. The lowest BCUT2D eigenvalue weighted by molar-refractivity contribution is 0.0945. The highest BCUT2D eigenvalue weighted by molar-refractivity contribution is 5.93. The Morgan fingerprint density at radius 3 is 2.46 bits per heavy atom. The fraction of sp³-hybridized carbons (Fsp3) is 0.107. The molecule has 37 heavy (non-hydrogen) atoms.